The second kappa shape index (κ2) is 12.4. The molecule has 1 atom stereocenters. The fourth-order valence-electron chi connectivity index (χ4n) is 4.30. The Morgan fingerprint density at radius 3 is 2.26 bits per heavy atom. The maximum absolute atomic E-state index is 13.8. The lowest BCUT2D eigenvalue weighted by Crippen LogP contribution is -2.45. The molecular weight excluding hydrogens is 516 g/mol. The van der Waals surface area contributed by atoms with Crippen molar-refractivity contribution in [1.29, 1.82) is 0 Å². The van der Waals surface area contributed by atoms with Gasteiger partial charge in [-0.1, -0.05) is 78.3 Å². The minimum absolute atomic E-state index is 0.175. The molecule has 2 amide bonds. The third-order valence-electron chi connectivity index (χ3n) is 6.27. The Labute approximate surface area is 231 Å². The number of nitrogens with one attached hydrogen (secondary N) is 1. The van der Waals surface area contributed by atoms with Gasteiger partial charge in [-0.15, -0.1) is 0 Å². The number of para-hydroxylation sites is 1. The number of fused-ring (bicyclic) bond motifs is 1. The predicted octanol–water partition coefficient (Wildman–Crippen LogP) is 5.53. The van der Waals surface area contributed by atoms with Crippen LogP contribution in [0.2, 0.25) is 5.02 Å². The second-order valence-electron chi connectivity index (χ2n) is 8.97. The van der Waals surface area contributed by atoms with Crippen molar-refractivity contribution in [3.63, 3.8) is 0 Å². The number of carbonyl (C=O) groups excluding carboxylic acids is 2. The summed E-state index contributed by atoms with van der Waals surface area (Å²) >= 11 is 6.09. The molecule has 39 heavy (non-hydrogen) atoms. The number of ether oxygens (including phenoxy) is 3. The summed E-state index contributed by atoms with van der Waals surface area (Å²) in [6.45, 7) is 0.387. The lowest BCUT2D eigenvalue weighted by Gasteiger charge is -2.31. The van der Waals surface area contributed by atoms with Gasteiger partial charge in [-0.2, -0.15) is 0 Å². The average molecular weight is 543 g/mol. The standard InChI is InChI=1S/C31H27ClN2O5/c32-25-14-11-22(12-15-25)19-34(29(35)20-37-26-9-5-2-6-10-26)30(24-7-3-1-4-8-24)31(36)33-18-23-13-16-27-28(17-23)39-21-38-27/h1-17,30H,18-21H2,(H,33,36)/t30-/m1/s1. The molecule has 0 radical (unpaired) electrons. The SMILES string of the molecule is O=C(NCc1ccc2c(c1)OCO2)[C@@H](c1ccccc1)N(Cc1ccc(Cl)cc1)C(=O)COc1ccccc1. The maximum atomic E-state index is 13.8. The summed E-state index contributed by atoms with van der Waals surface area (Å²) in [6.07, 6.45) is 0. The Balaban J connectivity index is 1.41. The summed E-state index contributed by atoms with van der Waals surface area (Å²) in [6, 6.07) is 30.2. The molecule has 0 spiro atoms. The van der Waals surface area contributed by atoms with Crippen molar-refractivity contribution in [2.45, 2.75) is 19.1 Å². The molecule has 4 aromatic rings. The highest BCUT2D eigenvalue weighted by Gasteiger charge is 2.32. The van der Waals surface area contributed by atoms with E-state index in [1.54, 1.807) is 24.3 Å². The quantitative estimate of drug-likeness (QED) is 0.285. The average Bonchev–Trinajstić information content (AvgIpc) is 3.45. The molecule has 1 heterocycles. The van der Waals surface area contributed by atoms with E-state index in [0.29, 0.717) is 27.8 Å². The fourth-order valence-corrected chi connectivity index (χ4v) is 4.43. The van der Waals surface area contributed by atoms with Crippen LogP contribution in [0.4, 0.5) is 0 Å². The van der Waals surface area contributed by atoms with Gasteiger partial charge in [-0.25, -0.2) is 0 Å². The van der Waals surface area contributed by atoms with E-state index in [9.17, 15) is 9.59 Å². The fraction of sp³-hybridized carbons (Fsp3) is 0.161. The molecule has 8 heteroatoms. The van der Waals surface area contributed by atoms with Crippen LogP contribution in [0.3, 0.4) is 0 Å². The maximum Gasteiger partial charge on any atom is 0.261 e. The lowest BCUT2D eigenvalue weighted by molar-refractivity contribution is -0.143. The van der Waals surface area contributed by atoms with Gasteiger partial charge >= 0.3 is 0 Å². The molecule has 5 rings (SSSR count). The van der Waals surface area contributed by atoms with Crippen LogP contribution in [0.15, 0.2) is 103 Å². The number of nitrogens with zero attached hydrogens (tertiary/aromatic N) is 1. The third kappa shape index (κ3) is 6.69. The van der Waals surface area contributed by atoms with Crippen molar-refractivity contribution in [1.82, 2.24) is 10.2 Å². The van der Waals surface area contributed by atoms with E-state index < -0.39 is 6.04 Å². The normalized spacial score (nSPS) is 12.4. The molecule has 4 aromatic carbocycles. The van der Waals surface area contributed by atoms with Gasteiger partial charge in [0.15, 0.2) is 18.1 Å². The molecular formula is C31H27ClN2O5. The predicted molar refractivity (Wildman–Crippen MR) is 148 cm³/mol. The molecule has 0 saturated carbocycles. The van der Waals surface area contributed by atoms with Crippen molar-refractivity contribution in [2.75, 3.05) is 13.4 Å². The summed E-state index contributed by atoms with van der Waals surface area (Å²) in [7, 11) is 0. The first-order valence-electron chi connectivity index (χ1n) is 12.5. The van der Waals surface area contributed by atoms with Gasteiger partial charge in [0.2, 0.25) is 12.7 Å². The van der Waals surface area contributed by atoms with Gasteiger partial charge in [0.1, 0.15) is 11.8 Å². The first-order chi connectivity index (χ1) is 19.1. The van der Waals surface area contributed by atoms with E-state index in [1.165, 1.54) is 4.90 Å². The van der Waals surface area contributed by atoms with Crippen molar-refractivity contribution in [2.24, 2.45) is 0 Å². The first kappa shape index (κ1) is 26.1. The van der Waals surface area contributed by atoms with E-state index >= 15 is 0 Å². The number of hydrogen-bond donors (Lipinski definition) is 1. The highest BCUT2D eigenvalue weighted by atomic mass is 35.5. The van der Waals surface area contributed by atoms with Crippen LogP contribution < -0.4 is 19.5 Å². The number of rotatable bonds is 10. The zero-order valence-corrected chi connectivity index (χ0v) is 21.8. The third-order valence-corrected chi connectivity index (χ3v) is 6.52. The van der Waals surface area contributed by atoms with Crippen molar-refractivity contribution in [3.05, 3.63) is 125 Å². The van der Waals surface area contributed by atoms with Crippen molar-refractivity contribution in [3.8, 4) is 17.2 Å². The highest BCUT2D eigenvalue weighted by molar-refractivity contribution is 6.30. The molecule has 1 aliphatic rings. The van der Waals surface area contributed by atoms with E-state index in [0.717, 1.165) is 11.1 Å². The van der Waals surface area contributed by atoms with Crippen molar-refractivity contribution < 1.29 is 23.8 Å². The summed E-state index contributed by atoms with van der Waals surface area (Å²) < 4.78 is 16.6. The minimum Gasteiger partial charge on any atom is -0.484 e. The van der Waals surface area contributed by atoms with Crippen LogP contribution in [0.5, 0.6) is 17.2 Å². The number of benzene rings is 4. The van der Waals surface area contributed by atoms with Crippen LogP contribution in [-0.2, 0) is 22.7 Å². The summed E-state index contributed by atoms with van der Waals surface area (Å²) in [4.78, 5) is 29.0. The van der Waals surface area contributed by atoms with Gasteiger partial charge in [0.05, 0.1) is 0 Å². The highest BCUT2D eigenvalue weighted by Crippen LogP contribution is 2.32. The molecule has 1 aliphatic heterocycles. The minimum atomic E-state index is -0.900. The first-order valence-corrected chi connectivity index (χ1v) is 12.9. The zero-order chi connectivity index (χ0) is 27.0. The molecule has 7 nitrogen and oxygen atoms in total. The van der Waals surface area contributed by atoms with Crippen LogP contribution in [0.25, 0.3) is 0 Å². The van der Waals surface area contributed by atoms with E-state index in [1.807, 2.05) is 78.9 Å². The van der Waals surface area contributed by atoms with Crippen LogP contribution >= 0.6 is 11.6 Å². The number of halogens is 1. The summed E-state index contributed by atoms with van der Waals surface area (Å²) in [5.41, 5.74) is 2.36. The van der Waals surface area contributed by atoms with Gasteiger partial charge in [-0.3, -0.25) is 9.59 Å². The van der Waals surface area contributed by atoms with Gasteiger partial charge in [0.25, 0.3) is 5.91 Å². The number of amides is 2. The van der Waals surface area contributed by atoms with E-state index in [2.05, 4.69) is 5.32 Å². The zero-order valence-electron chi connectivity index (χ0n) is 21.1. The van der Waals surface area contributed by atoms with Gasteiger partial charge in [-0.05, 0) is 53.1 Å². The summed E-state index contributed by atoms with van der Waals surface area (Å²) in [5, 5.41) is 3.59. The monoisotopic (exact) mass is 542 g/mol. The lowest BCUT2D eigenvalue weighted by atomic mass is 10.0. The Kier molecular flexibility index (Phi) is 8.29. The van der Waals surface area contributed by atoms with E-state index in [4.69, 9.17) is 25.8 Å². The van der Waals surface area contributed by atoms with Crippen LogP contribution in [0.1, 0.15) is 22.7 Å². The molecule has 198 valence electrons. The Bertz CT molecular complexity index is 1410. The van der Waals surface area contributed by atoms with Gasteiger partial charge in [0, 0.05) is 18.1 Å². The van der Waals surface area contributed by atoms with Crippen LogP contribution in [-0.4, -0.2) is 30.1 Å². The molecule has 0 saturated heterocycles. The molecule has 0 unspecified atom stereocenters. The Morgan fingerprint density at radius 1 is 0.846 bits per heavy atom. The van der Waals surface area contributed by atoms with Gasteiger partial charge < -0.3 is 24.4 Å². The Morgan fingerprint density at radius 2 is 1.51 bits per heavy atom. The molecule has 1 N–H and O–H groups in total. The molecule has 0 aromatic heterocycles. The Hall–Kier alpha value is -4.49. The largest absolute Gasteiger partial charge is 0.484 e. The molecule has 0 bridgehead atoms. The number of hydrogen-bond acceptors (Lipinski definition) is 5. The van der Waals surface area contributed by atoms with Crippen molar-refractivity contribution >= 4 is 23.4 Å². The van der Waals surface area contributed by atoms with Crippen LogP contribution in [0, 0.1) is 0 Å². The van der Waals surface area contributed by atoms with E-state index in [-0.39, 0.29) is 38.3 Å². The summed E-state index contributed by atoms with van der Waals surface area (Å²) in [5.74, 6) is 1.23. The second-order valence-corrected chi connectivity index (χ2v) is 9.40. The smallest absolute Gasteiger partial charge is 0.261 e. The number of carbonyl (C=O) groups is 2. The molecule has 0 aliphatic carbocycles. The topological polar surface area (TPSA) is 77.1 Å². The molecule has 0 fully saturated rings.